The molecule has 0 bridgehead atoms. The molecule has 1 saturated heterocycles. The van der Waals surface area contributed by atoms with Crippen LogP contribution in [0.25, 0.3) is 0 Å². The lowest BCUT2D eigenvalue weighted by Gasteiger charge is -2.37. The predicted molar refractivity (Wildman–Crippen MR) is 55.5 cm³/mol. The van der Waals surface area contributed by atoms with Crippen LogP contribution in [-0.2, 0) is 0 Å². The van der Waals surface area contributed by atoms with Crippen LogP contribution in [-0.4, -0.2) is 37.6 Å². The van der Waals surface area contributed by atoms with Crippen LogP contribution in [0.3, 0.4) is 0 Å². The van der Waals surface area contributed by atoms with E-state index >= 15 is 0 Å². The van der Waals surface area contributed by atoms with Gasteiger partial charge in [0.1, 0.15) is 0 Å². The van der Waals surface area contributed by atoms with Gasteiger partial charge in [0, 0.05) is 5.54 Å². The number of nitrogens with one attached hydrogen (secondary N) is 1. The lowest BCUT2D eigenvalue weighted by molar-refractivity contribution is 0.178. The first-order valence-electron chi connectivity index (χ1n) is 5.04. The van der Waals surface area contributed by atoms with Gasteiger partial charge in [-0.1, -0.05) is 13.8 Å². The van der Waals surface area contributed by atoms with Gasteiger partial charge in [0.2, 0.25) is 0 Å². The van der Waals surface area contributed by atoms with E-state index in [1.165, 1.54) is 25.9 Å². The Morgan fingerprint density at radius 2 is 1.58 bits per heavy atom. The summed E-state index contributed by atoms with van der Waals surface area (Å²) in [6, 6.07) is 0. The van der Waals surface area contributed by atoms with Crippen LogP contribution in [0.15, 0.2) is 0 Å². The van der Waals surface area contributed by atoms with Crippen LogP contribution in [0.1, 0.15) is 33.6 Å². The summed E-state index contributed by atoms with van der Waals surface area (Å²) in [7, 11) is 4.25. The van der Waals surface area contributed by atoms with Gasteiger partial charge in [-0.25, -0.2) is 0 Å². The Morgan fingerprint density at radius 3 is 1.92 bits per heavy atom. The maximum atomic E-state index is 3.37. The van der Waals surface area contributed by atoms with Gasteiger partial charge in [0.05, 0.1) is 0 Å². The molecular weight excluding hydrogens is 148 g/mol. The van der Waals surface area contributed by atoms with Crippen molar-refractivity contribution < 1.29 is 0 Å². The average molecular weight is 172 g/mol. The quantitative estimate of drug-likeness (QED) is 0.648. The lowest BCUT2D eigenvalue weighted by Crippen LogP contribution is -2.48. The van der Waals surface area contributed by atoms with Gasteiger partial charge in [-0.05, 0) is 47.0 Å². The molecule has 0 spiro atoms. The zero-order chi connectivity index (χ0) is 9.61. The Labute approximate surface area is 77.3 Å². The SMILES string of the molecule is CC.CNC1(C)CCN(C)CC1. The Kier molecular flexibility index (Phi) is 5.51. The molecule has 2 nitrogen and oxygen atoms in total. The molecule has 1 heterocycles. The maximum Gasteiger partial charge on any atom is 0.0174 e. The second-order valence-corrected chi connectivity index (χ2v) is 3.61. The molecule has 12 heavy (non-hydrogen) atoms. The van der Waals surface area contributed by atoms with Gasteiger partial charge in [-0.15, -0.1) is 0 Å². The van der Waals surface area contributed by atoms with Crippen LogP contribution < -0.4 is 5.32 Å². The van der Waals surface area contributed by atoms with Gasteiger partial charge < -0.3 is 10.2 Å². The fourth-order valence-electron chi connectivity index (χ4n) is 1.36. The summed E-state index contributed by atoms with van der Waals surface area (Å²) in [6.45, 7) is 8.77. The molecule has 0 aromatic carbocycles. The van der Waals surface area contributed by atoms with Crippen molar-refractivity contribution in [1.29, 1.82) is 0 Å². The fourth-order valence-corrected chi connectivity index (χ4v) is 1.36. The normalized spacial score (nSPS) is 22.8. The van der Waals surface area contributed by atoms with Crippen molar-refractivity contribution in [2.75, 3.05) is 27.2 Å². The largest absolute Gasteiger partial charge is 0.314 e. The second kappa shape index (κ2) is 5.55. The van der Waals surface area contributed by atoms with Crippen LogP contribution in [0, 0.1) is 0 Å². The second-order valence-electron chi connectivity index (χ2n) is 3.61. The number of piperidine rings is 1. The van der Waals surface area contributed by atoms with Gasteiger partial charge in [-0.2, -0.15) is 0 Å². The van der Waals surface area contributed by atoms with E-state index < -0.39 is 0 Å². The highest BCUT2D eigenvalue weighted by Gasteiger charge is 2.26. The topological polar surface area (TPSA) is 15.3 Å². The summed E-state index contributed by atoms with van der Waals surface area (Å²) < 4.78 is 0. The zero-order valence-electron chi connectivity index (χ0n) is 9.28. The van der Waals surface area contributed by atoms with Crippen molar-refractivity contribution in [3.05, 3.63) is 0 Å². The van der Waals surface area contributed by atoms with Crippen molar-refractivity contribution in [3.63, 3.8) is 0 Å². The molecule has 0 aromatic rings. The molecule has 1 fully saturated rings. The van der Waals surface area contributed by atoms with Crippen LogP contribution in [0.5, 0.6) is 0 Å². The zero-order valence-corrected chi connectivity index (χ0v) is 9.28. The third-order valence-corrected chi connectivity index (χ3v) is 2.69. The lowest BCUT2D eigenvalue weighted by atomic mass is 9.90. The van der Waals surface area contributed by atoms with Gasteiger partial charge in [-0.3, -0.25) is 0 Å². The minimum absolute atomic E-state index is 0.409. The number of nitrogens with zero attached hydrogens (tertiary/aromatic N) is 1. The van der Waals surface area contributed by atoms with Crippen molar-refractivity contribution in [1.82, 2.24) is 10.2 Å². The Hall–Kier alpha value is -0.0800. The van der Waals surface area contributed by atoms with Gasteiger partial charge in [0.15, 0.2) is 0 Å². The number of hydrogen-bond acceptors (Lipinski definition) is 2. The molecule has 0 amide bonds. The average Bonchev–Trinajstić information content (AvgIpc) is 2.14. The molecule has 0 saturated carbocycles. The number of rotatable bonds is 1. The van der Waals surface area contributed by atoms with E-state index in [1.807, 2.05) is 13.8 Å². The number of likely N-dealkylation sites (tertiary alicyclic amines) is 1. The fraction of sp³-hybridized carbons (Fsp3) is 1.00. The molecular formula is C10H24N2. The Balaban J connectivity index is 0.000000561. The molecule has 1 aliphatic rings. The van der Waals surface area contributed by atoms with E-state index in [4.69, 9.17) is 0 Å². The molecule has 0 atom stereocenters. The molecule has 74 valence electrons. The van der Waals surface area contributed by atoms with E-state index in [0.717, 1.165) is 0 Å². The van der Waals surface area contributed by atoms with Crippen molar-refractivity contribution >= 4 is 0 Å². The monoisotopic (exact) mass is 172 g/mol. The van der Waals surface area contributed by atoms with Crippen LogP contribution in [0.4, 0.5) is 0 Å². The summed E-state index contributed by atoms with van der Waals surface area (Å²) >= 11 is 0. The van der Waals surface area contributed by atoms with Gasteiger partial charge >= 0.3 is 0 Å². The van der Waals surface area contributed by atoms with E-state index in [0.29, 0.717) is 5.54 Å². The van der Waals surface area contributed by atoms with E-state index in [-0.39, 0.29) is 0 Å². The van der Waals surface area contributed by atoms with Crippen molar-refractivity contribution in [2.24, 2.45) is 0 Å². The summed E-state index contributed by atoms with van der Waals surface area (Å²) in [5.74, 6) is 0. The summed E-state index contributed by atoms with van der Waals surface area (Å²) in [4.78, 5) is 2.39. The summed E-state index contributed by atoms with van der Waals surface area (Å²) in [5.41, 5.74) is 0.409. The smallest absolute Gasteiger partial charge is 0.0174 e. The first kappa shape index (κ1) is 11.9. The highest BCUT2D eigenvalue weighted by atomic mass is 15.1. The molecule has 0 unspecified atom stereocenters. The first-order valence-corrected chi connectivity index (χ1v) is 5.04. The predicted octanol–water partition coefficient (Wildman–Crippen LogP) is 1.72. The first-order chi connectivity index (χ1) is 5.66. The molecule has 1 rings (SSSR count). The molecule has 0 aromatic heterocycles. The molecule has 1 N–H and O–H groups in total. The third kappa shape index (κ3) is 3.55. The van der Waals surface area contributed by atoms with Crippen molar-refractivity contribution in [2.45, 2.75) is 39.2 Å². The van der Waals surface area contributed by atoms with Gasteiger partial charge in [0.25, 0.3) is 0 Å². The van der Waals surface area contributed by atoms with Crippen molar-refractivity contribution in [3.8, 4) is 0 Å². The molecule has 0 radical (unpaired) electrons. The standard InChI is InChI=1S/C8H18N2.C2H6/c1-8(9-2)4-6-10(3)7-5-8;1-2/h9H,4-7H2,1-3H3;1-2H3. The maximum absolute atomic E-state index is 3.37. The minimum atomic E-state index is 0.409. The Bertz CT molecular complexity index is 104. The molecule has 2 heteroatoms. The van der Waals surface area contributed by atoms with E-state index in [1.54, 1.807) is 0 Å². The minimum Gasteiger partial charge on any atom is -0.314 e. The Morgan fingerprint density at radius 1 is 1.17 bits per heavy atom. The molecule has 1 aliphatic heterocycles. The summed E-state index contributed by atoms with van der Waals surface area (Å²) in [6.07, 6.45) is 2.56. The summed E-state index contributed by atoms with van der Waals surface area (Å²) in [5, 5.41) is 3.37. The highest BCUT2D eigenvalue weighted by Crippen LogP contribution is 2.19. The van der Waals surface area contributed by atoms with E-state index in [2.05, 4.69) is 31.2 Å². The highest BCUT2D eigenvalue weighted by molar-refractivity contribution is 4.86. The van der Waals surface area contributed by atoms with Crippen LogP contribution >= 0.6 is 0 Å². The number of hydrogen-bond donors (Lipinski definition) is 1. The van der Waals surface area contributed by atoms with E-state index in [9.17, 15) is 0 Å². The third-order valence-electron chi connectivity index (χ3n) is 2.69. The van der Waals surface area contributed by atoms with Crippen LogP contribution in [0.2, 0.25) is 0 Å². The molecule has 0 aliphatic carbocycles.